The van der Waals surface area contributed by atoms with Crippen molar-refractivity contribution in [2.45, 2.75) is 58.7 Å². The summed E-state index contributed by atoms with van der Waals surface area (Å²) < 4.78 is 1.91. The van der Waals surface area contributed by atoms with Gasteiger partial charge in [-0.25, -0.2) is 9.50 Å². The van der Waals surface area contributed by atoms with Crippen molar-refractivity contribution in [3.63, 3.8) is 0 Å². The number of aromatic nitrogens is 3. The third kappa shape index (κ3) is 1.43. The van der Waals surface area contributed by atoms with Crippen LogP contribution in [0.15, 0.2) is 18.6 Å². The van der Waals surface area contributed by atoms with Crippen LogP contribution in [0, 0.1) is 0 Å². The molecule has 2 aromatic rings. The first kappa shape index (κ1) is 12.6. The summed E-state index contributed by atoms with van der Waals surface area (Å²) in [5, 5.41) is 4.79. The molecule has 102 valence electrons. The largest absolute Gasteiger partial charge is 0.281 e. The Morgan fingerprint density at radius 1 is 1.11 bits per heavy atom. The van der Waals surface area contributed by atoms with Gasteiger partial charge in [0.05, 0.1) is 16.7 Å². The molecule has 4 heteroatoms. The first-order chi connectivity index (χ1) is 8.78. The van der Waals surface area contributed by atoms with Crippen molar-refractivity contribution in [1.29, 1.82) is 0 Å². The highest BCUT2D eigenvalue weighted by Crippen LogP contribution is 2.51. The molecule has 3 rings (SSSR count). The normalized spacial score (nSPS) is 21.2. The molecule has 1 aliphatic rings. The standard InChI is InChI=1S/C15H22N4/c1-10(2)19-14(3,4)12-11-7-8-16-9-18(11)17-13(12)15(19,5)6/h7-10H,1-6H3. The fraction of sp³-hybridized carbons (Fsp3) is 0.600. The summed E-state index contributed by atoms with van der Waals surface area (Å²) in [6.45, 7) is 13.6. The number of hydrogen-bond donors (Lipinski definition) is 0. The second-order valence-corrected chi connectivity index (χ2v) is 6.72. The van der Waals surface area contributed by atoms with Crippen LogP contribution in [0.3, 0.4) is 0 Å². The molecule has 0 unspecified atom stereocenters. The lowest BCUT2D eigenvalue weighted by Gasteiger charge is -2.43. The van der Waals surface area contributed by atoms with Gasteiger partial charge >= 0.3 is 0 Å². The van der Waals surface area contributed by atoms with Gasteiger partial charge in [-0.3, -0.25) is 4.90 Å². The molecule has 0 radical (unpaired) electrons. The maximum Gasteiger partial charge on any atom is 0.117 e. The molecule has 0 fully saturated rings. The van der Waals surface area contributed by atoms with Crippen LogP contribution in [0.1, 0.15) is 52.8 Å². The van der Waals surface area contributed by atoms with Crippen molar-refractivity contribution in [2.24, 2.45) is 0 Å². The fourth-order valence-corrected chi connectivity index (χ4v) is 4.17. The van der Waals surface area contributed by atoms with E-state index in [4.69, 9.17) is 5.10 Å². The zero-order valence-electron chi connectivity index (χ0n) is 12.6. The van der Waals surface area contributed by atoms with Gasteiger partial charge in [-0.1, -0.05) is 0 Å². The van der Waals surface area contributed by atoms with E-state index >= 15 is 0 Å². The minimum absolute atomic E-state index is 0.0178. The minimum Gasteiger partial charge on any atom is -0.281 e. The molecule has 0 aliphatic carbocycles. The highest BCUT2D eigenvalue weighted by Gasteiger charge is 2.53. The topological polar surface area (TPSA) is 33.4 Å². The number of fused-ring (bicyclic) bond motifs is 3. The summed E-state index contributed by atoms with van der Waals surface area (Å²) in [6.07, 6.45) is 3.64. The van der Waals surface area contributed by atoms with Crippen molar-refractivity contribution in [1.82, 2.24) is 19.5 Å². The van der Waals surface area contributed by atoms with Gasteiger partial charge in [0.25, 0.3) is 0 Å². The third-order valence-corrected chi connectivity index (χ3v) is 4.35. The average molecular weight is 258 g/mol. The highest BCUT2D eigenvalue weighted by atomic mass is 15.4. The van der Waals surface area contributed by atoms with E-state index in [-0.39, 0.29) is 11.1 Å². The number of rotatable bonds is 1. The zero-order valence-corrected chi connectivity index (χ0v) is 12.6. The van der Waals surface area contributed by atoms with Crippen molar-refractivity contribution < 1.29 is 0 Å². The summed E-state index contributed by atoms with van der Waals surface area (Å²) in [6, 6.07) is 2.54. The van der Waals surface area contributed by atoms with Crippen molar-refractivity contribution in [2.75, 3.05) is 0 Å². The Morgan fingerprint density at radius 3 is 2.42 bits per heavy atom. The van der Waals surface area contributed by atoms with Crippen LogP contribution in [0.2, 0.25) is 0 Å². The molecular formula is C15H22N4. The van der Waals surface area contributed by atoms with Crippen LogP contribution in [0.4, 0.5) is 0 Å². The molecule has 3 heterocycles. The first-order valence-corrected chi connectivity index (χ1v) is 6.90. The van der Waals surface area contributed by atoms with Gasteiger partial charge in [-0.2, -0.15) is 5.10 Å². The lowest BCUT2D eigenvalue weighted by atomic mass is 9.95. The third-order valence-electron chi connectivity index (χ3n) is 4.35. The van der Waals surface area contributed by atoms with Gasteiger partial charge in [-0.15, -0.1) is 0 Å². The number of nitrogens with zero attached hydrogens (tertiary/aromatic N) is 4. The van der Waals surface area contributed by atoms with Gasteiger partial charge in [-0.05, 0) is 47.6 Å². The monoisotopic (exact) mass is 258 g/mol. The van der Waals surface area contributed by atoms with Crippen molar-refractivity contribution in [3.8, 4) is 0 Å². The second-order valence-electron chi connectivity index (χ2n) is 6.72. The Balaban J connectivity index is 2.36. The van der Waals surface area contributed by atoms with E-state index in [9.17, 15) is 0 Å². The van der Waals surface area contributed by atoms with Gasteiger partial charge in [0.15, 0.2) is 0 Å². The molecule has 0 saturated heterocycles. The van der Waals surface area contributed by atoms with Gasteiger partial charge < -0.3 is 0 Å². The summed E-state index contributed by atoms with van der Waals surface area (Å²) in [5.74, 6) is 0. The molecule has 0 saturated carbocycles. The van der Waals surface area contributed by atoms with Crippen LogP contribution in [0.5, 0.6) is 0 Å². The first-order valence-electron chi connectivity index (χ1n) is 6.90. The molecule has 19 heavy (non-hydrogen) atoms. The minimum atomic E-state index is -0.0565. The maximum atomic E-state index is 4.79. The molecule has 0 atom stereocenters. The summed E-state index contributed by atoms with van der Waals surface area (Å²) >= 11 is 0. The van der Waals surface area contributed by atoms with E-state index in [1.165, 1.54) is 16.8 Å². The fourth-order valence-electron chi connectivity index (χ4n) is 4.17. The quantitative estimate of drug-likeness (QED) is 0.788. The zero-order chi connectivity index (χ0) is 14.0. The van der Waals surface area contributed by atoms with E-state index < -0.39 is 0 Å². The Kier molecular flexibility index (Phi) is 2.37. The lowest BCUT2D eigenvalue weighted by Crippen LogP contribution is -2.49. The lowest BCUT2D eigenvalue weighted by molar-refractivity contribution is 0.00652. The molecule has 1 aliphatic heterocycles. The highest BCUT2D eigenvalue weighted by molar-refractivity contribution is 5.62. The van der Waals surface area contributed by atoms with Crippen molar-refractivity contribution in [3.05, 3.63) is 29.8 Å². The van der Waals surface area contributed by atoms with Crippen LogP contribution in [0.25, 0.3) is 5.52 Å². The molecule has 0 spiro atoms. The van der Waals surface area contributed by atoms with E-state index in [2.05, 4.69) is 57.5 Å². The summed E-state index contributed by atoms with van der Waals surface area (Å²) in [4.78, 5) is 6.72. The molecule has 0 N–H and O–H groups in total. The molecular weight excluding hydrogens is 236 g/mol. The molecule has 0 bridgehead atoms. The van der Waals surface area contributed by atoms with Gasteiger partial charge in [0, 0.05) is 23.3 Å². The van der Waals surface area contributed by atoms with Crippen LogP contribution in [-0.4, -0.2) is 25.5 Å². The van der Waals surface area contributed by atoms with E-state index in [0.29, 0.717) is 6.04 Å². The van der Waals surface area contributed by atoms with E-state index in [0.717, 1.165) is 0 Å². The SMILES string of the molecule is CC(C)N1C(C)(C)c2nn3cnccc3c2C1(C)C. The second kappa shape index (κ2) is 3.57. The Hall–Kier alpha value is -1.42. The summed E-state index contributed by atoms with van der Waals surface area (Å²) in [5.41, 5.74) is 3.62. The molecule has 0 aromatic carbocycles. The predicted molar refractivity (Wildman–Crippen MR) is 76.0 cm³/mol. The Labute approximate surface area is 114 Å². The van der Waals surface area contributed by atoms with E-state index in [1.807, 2.05) is 10.7 Å². The smallest absolute Gasteiger partial charge is 0.117 e. The Morgan fingerprint density at radius 2 is 1.79 bits per heavy atom. The summed E-state index contributed by atoms with van der Waals surface area (Å²) in [7, 11) is 0. The molecule has 2 aromatic heterocycles. The van der Waals surface area contributed by atoms with E-state index in [1.54, 1.807) is 6.33 Å². The molecule has 0 amide bonds. The maximum absolute atomic E-state index is 4.79. The van der Waals surface area contributed by atoms with Crippen LogP contribution < -0.4 is 0 Å². The Bertz CT molecular complexity index is 637. The van der Waals surface area contributed by atoms with Gasteiger partial charge in [0.2, 0.25) is 0 Å². The van der Waals surface area contributed by atoms with Crippen molar-refractivity contribution >= 4 is 5.52 Å². The molecule has 4 nitrogen and oxygen atoms in total. The van der Waals surface area contributed by atoms with Crippen LogP contribution >= 0.6 is 0 Å². The van der Waals surface area contributed by atoms with Gasteiger partial charge in [0.1, 0.15) is 6.33 Å². The van der Waals surface area contributed by atoms with Crippen LogP contribution in [-0.2, 0) is 11.1 Å². The number of hydrogen-bond acceptors (Lipinski definition) is 3. The average Bonchev–Trinajstić information content (AvgIpc) is 2.73. The predicted octanol–water partition coefficient (Wildman–Crippen LogP) is 2.92.